The van der Waals surface area contributed by atoms with E-state index in [1.165, 1.54) is 12.1 Å². The summed E-state index contributed by atoms with van der Waals surface area (Å²) in [5.74, 6) is -4.07. The van der Waals surface area contributed by atoms with Crippen molar-refractivity contribution in [2.24, 2.45) is 0 Å². The Bertz CT molecular complexity index is 1290. The van der Waals surface area contributed by atoms with Crippen molar-refractivity contribution in [2.75, 3.05) is 6.54 Å². The Morgan fingerprint density at radius 3 is 1.86 bits per heavy atom. The van der Waals surface area contributed by atoms with Gasteiger partial charge in [0.1, 0.15) is 13.2 Å². The molecule has 1 aliphatic heterocycles. The molecule has 0 aliphatic carbocycles. The highest BCUT2D eigenvalue weighted by Crippen LogP contribution is 2.26. The van der Waals surface area contributed by atoms with Crippen molar-refractivity contribution in [3.63, 3.8) is 0 Å². The SMILES string of the molecule is O=C(NCC(=O)N([C@@H](Cc1ccccc1)C(=O)O)N1C(=O)c2ccccc2C1=O)OCc1ccccc1. The van der Waals surface area contributed by atoms with Crippen LogP contribution in [0, 0.1) is 0 Å². The standard InChI is InChI=1S/C27H23N3O7/c31-23(16-28-27(36)37-17-19-11-5-2-6-12-19)29(22(26(34)35)15-18-9-3-1-4-10-18)30-24(32)20-13-7-8-14-21(20)25(30)33/h1-14,22H,15-17H2,(H,28,36)(H,34,35)/t22-/m0/s1. The number of carboxylic acid groups (broad SMARTS) is 1. The number of nitrogens with zero attached hydrogens (tertiary/aromatic N) is 2. The van der Waals surface area contributed by atoms with Gasteiger partial charge in [0.2, 0.25) is 0 Å². The molecule has 1 atom stereocenters. The minimum Gasteiger partial charge on any atom is -0.480 e. The smallest absolute Gasteiger partial charge is 0.407 e. The van der Waals surface area contributed by atoms with E-state index >= 15 is 0 Å². The lowest BCUT2D eigenvalue weighted by molar-refractivity contribution is -0.159. The number of carbonyl (C=O) groups excluding carboxylic acids is 4. The van der Waals surface area contributed by atoms with Gasteiger partial charge in [0.25, 0.3) is 17.7 Å². The van der Waals surface area contributed by atoms with Crippen LogP contribution in [0.2, 0.25) is 0 Å². The zero-order chi connectivity index (χ0) is 26.4. The fraction of sp³-hybridized carbons (Fsp3) is 0.148. The quantitative estimate of drug-likeness (QED) is 0.431. The molecule has 4 rings (SSSR count). The van der Waals surface area contributed by atoms with Crippen LogP contribution in [0.25, 0.3) is 0 Å². The molecule has 3 aromatic carbocycles. The molecule has 0 radical (unpaired) electrons. The summed E-state index contributed by atoms with van der Waals surface area (Å²) in [5.41, 5.74) is 1.39. The van der Waals surface area contributed by atoms with E-state index in [1.54, 1.807) is 66.7 Å². The van der Waals surface area contributed by atoms with Crippen molar-refractivity contribution in [3.8, 4) is 0 Å². The van der Waals surface area contributed by atoms with Crippen LogP contribution in [-0.4, -0.2) is 57.5 Å². The van der Waals surface area contributed by atoms with E-state index in [4.69, 9.17) is 4.74 Å². The summed E-state index contributed by atoms with van der Waals surface area (Å²) < 4.78 is 5.10. The Hall–Kier alpha value is -4.99. The predicted molar refractivity (Wildman–Crippen MR) is 130 cm³/mol. The molecule has 0 unspecified atom stereocenters. The van der Waals surface area contributed by atoms with Crippen molar-refractivity contribution in [1.82, 2.24) is 15.3 Å². The summed E-state index contributed by atoms with van der Waals surface area (Å²) in [7, 11) is 0. The molecular weight excluding hydrogens is 478 g/mol. The van der Waals surface area contributed by atoms with Crippen molar-refractivity contribution >= 4 is 29.8 Å². The van der Waals surface area contributed by atoms with Crippen molar-refractivity contribution in [1.29, 1.82) is 0 Å². The average Bonchev–Trinajstić information content (AvgIpc) is 3.17. The first kappa shape index (κ1) is 25.1. The van der Waals surface area contributed by atoms with Crippen LogP contribution >= 0.6 is 0 Å². The monoisotopic (exact) mass is 501 g/mol. The summed E-state index contributed by atoms with van der Waals surface area (Å²) in [6, 6.07) is 21.7. The van der Waals surface area contributed by atoms with Crippen molar-refractivity contribution < 1.29 is 33.8 Å². The van der Waals surface area contributed by atoms with E-state index in [9.17, 15) is 29.1 Å². The molecule has 1 heterocycles. The first-order chi connectivity index (χ1) is 17.9. The third-order valence-electron chi connectivity index (χ3n) is 5.69. The van der Waals surface area contributed by atoms with Gasteiger partial charge < -0.3 is 15.2 Å². The van der Waals surface area contributed by atoms with Gasteiger partial charge in [-0.25, -0.2) is 14.6 Å². The van der Waals surface area contributed by atoms with E-state index in [2.05, 4.69) is 5.32 Å². The number of rotatable bonds is 9. The predicted octanol–water partition coefficient (Wildman–Crippen LogP) is 2.65. The van der Waals surface area contributed by atoms with E-state index in [0.29, 0.717) is 15.6 Å². The number of fused-ring (bicyclic) bond motifs is 1. The van der Waals surface area contributed by atoms with Gasteiger partial charge in [0.15, 0.2) is 6.04 Å². The molecule has 3 aromatic rings. The van der Waals surface area contributed by atoms with Crippen LogP contribution in [0.15, 0.2) is 84.9 Å². The number of alkyl carbamates (subject to hydrolysis) is 1. The molecule has 4 amide bonds. The molecular formula is C27H23N3O7. The molecule has 10 heteroatoms. The zero-order valence-electron chi connectivity index (χ0n) is 19.6. The Labute approximate surface area is 212 Å². The first-order valence-corrected chi connectivity index (χ1v) is 11.4. The lowest BCUT2D eigenvalue weighted by Gasteiger charge is -2.34. The number of amides is 4. The number of hydrogen-bond donors (Lipinski definition) is 2. The minimum absolute atomic E-state index is 0.0457. The Balaban J connectivity index is 1.56. The third-order valence-corrected chi connectivity index (χ3v) is 5.69. The largest absolute Gasteiger partial charge is 0.480 e. The van der Waals surface area contributed by atoms with Gasteiger partial charge in [-0.15, -0.1) is 0 Å². The van der Waals surface area contributed by atoms with Crippen LogP contribution in [0.1, 0.15) is 31.8 Å². The normalized spacial score (nSPS) is 13.0. The van der Waals surface area contributed by atoms with Crippen molar-refractivity contribution in [3.05, 3.63) is 107 Å². The fourth-order valence-corrected chi connectivity index (χ4v) is 3.92. The van der Waals surface area contributed by atoms with Crippen molar-refractivity contribution in [2.45, 2.75) is 19.1 Å². The number of hydrogen-bond acceptors (Lipinski definition) is 6. The van der Waals surface area contributed by atoms with E-state index in [0.717, 1.165) is 5.56 Å². The second kappa shape index (κ2) is 11.2. The summed E-state index contributed by atoms with van der Waals surface area (Å²) in [6.07, 6.45) is -1.11. The number of imide groups is 1. The highest BCUT2D eigenvalue weighted by molar-refractivity contribution is 6.21. The molecule has 0 bridgehead atoms. The van der Waals surface area contributed by atoms with Gasteiger partial charge in [-0.05, 0) is 23.3 Å². The van der Waals surface area contributed by atoms with Gasteiger partial charge in [0.05, 0.1) is 11.1 Å². The third kappa shape index (κ3) is 5.64. The first-order valence-electron chi connectivity index (χ1n) is 11.4. The van der Waals surface area contributed by atoms with Gasteiger partial charge >= 0.3 is 12.1 Å². The van der Waals surface area contributed by atoms with Gasteiger partial charge in [0, 0.05) is 6.42 Å². The number of aliphatic carboxylic acids is 1. The molecule has 0 saturated carbocycles. The highest BCUT2D eigenvalue weighted by Gasteiger charge is 2.45. The Morgan fingerprint density at radius 1 is 0.811 bits per heavy atom. The Morgan fingerprint density at radius 2 is 1.32 bits per heavy atom. The molecule has 0 aromatic heterocycles. The number of hydrazine groups is 1. The van der Waals surface area contributed by atoms with Crippen LogP contribution in [0.5, 0.6) is 0 Å². The van der Waals surface area contributed by atoms with Crippen LogP contribution in [0.4, 0.5) is 4.79 Å². The van der Waals surface area contributed by atoms with E-state index < -0.39 is 42.4 Å². The van der Waals surface area contributed by atoms with E-state index in [-0.39, 0.29) is 24.2 Å². The molecule has 188 valence electrons. The summed E-state index contributed by atoms with van der Waals surface area (Å²) in [4.78, 5) is 64.1. The van der Waals surface area contributed by atoms with Gasteiger partial charge in [-0.2, -0.15) is 5.01 Å². The molecule has 10 nitrogen and oxygen atoms in total. The molecule has 0 spiro atoms. The second-order valence-electron chi connectivity index (χ2n) is 8.17. The van der Waals surface area contributed by atoms with Crippen LogP contribution < -0.4 is 5.32 Å². The summed E-state index contributed by atoms with van der Waals surface area (Å²) in [5, 5.41) is 13.4. The molecule has 2 N–H and O–H groups in total. The molecule has 0 saturated heterocycles. The maximum Gasteiger partial charge on any atom is 0.407 e. The number of nitrogens with one attached hydrogen (secondary N) is 1. The van der Waals surface area contributed by atoms with Crippen LogP contribution in [0.3, 0.4) is 0 Å². The fourth-order valence-electron chi connectivity index (χ4n) is 3.92. The van der Waals surface area contributed by atoms with Gasteiger partial charge in [-0.3, -0.25) is 14.4 Å². The summed E-state index contributed by atoms with van der Waals surface area (Å²) in [6.45, 7) is -0.756. The lowest BCUT2D eigenvalue weighted by Crippen LogP contribution is -2.59. The maximum absolute atomic E-state index is 13.3. The van der Waals surface area contributed by atoms with E-state index in [1.807, 2.05) is 6.07 Å². The minimum atomic E-state index is -1.61. The topological polar surface area (TPSA) is 133 Å². The second-order valence-corrected chi connectivity index (χ2v) is 8.17. The maximum atomic E-state index is 13.3. The number of benzene rings is 3. The zero-order valence-corrected chi connectivity index (χ0v) is 19.6. The van der Waals surface area contributed by atoms with Crippen LogP contribution in [-0.2, 0) is 27.4 Å². The Kier molecular flexibility index (Phi) is 7.58. The highest BCUT2D eigenvalue weighted by atomic mass is 16.5. The average molecular weight is 501 g/mol. The molecule has 0 fully saturated rings. The number of carboxylic acids is 1. The number of carbonyl (C=O) groups is 5. The molecule has 37 heavy (non-hydrogen) atoms. The van der Waals surface area contributed by atoms with Gasteiger partial charge in [-0.1, -0.05) is 72.8 Å². The summed E-state index contributed by atoms with van der Waals surface area (Å²) >= 11 is 0. The lowest BCUT2D eigenvalue weighted by atomic mass is 10.1. The molecule has 1 aliphatic rings. The number of ether oxygens (including phenoxy) is 1.